The van der Waals surface area contributed by atoms with Crippen molar-refractivity contribution >= 4 is 60.9 Å². The van der Waals surface area contributed by atoms with Crippen molar-refractivity contribution in [3.63, 3.8) is 0 Å². The van der Waals surface area contributed by atoms with Crippen LogP contribution in [-0.2, 0) is 4.79 Å². The molecule has 0 aliphatic carbocycles. The average Bonchev–Trinajstić information content (AvgIpc) is 1.65. The minimum absolute atomic E-state index is 0. The zero-order valence-corrected chi connectivity index (χ0v) is 9.72. The topological polar surface area (TPSA) is 127 Å². The number of carbonyl (C=O) groups is 2. The molecule has 0 aromatic heterocycles. The van der Waals surface area contributed by atoms with Crippen molar-refractivity contribution < 1.29 is 22.7 Å². The number of hydrogen-bond donors (Lipinski definition) is 4. The van der Waals surface area contributed by atoms with Crippen LogP contribution in [0.2, 0.25) is 0 Å². The molecule has 0 unspecified atom stereocenters. The van der Waals surface area contributed by atoms with E-state index in [1.165, 1.54) is 0 Å². The molecule has 0 aliphatic rings. The van der Waals surface area contributed by atoms with Gasteiger partial charge in [0.25, 0.3) is 0 Å². The summed E-state index contributed by atoms with van der Waals surface area (Å²) in [5.74, 6) is -0.968. The molecule has 0 rings (SSSR count). The van der Waals surface area contributed by atoms with Gasteiger partial charge >= 0.3 is 60.9 Å². The van der Waals surface area contributed by atoms with E-state index < -0.39 is 12.1 Å². The first-order chi connectivity index (χ1) is 4.00. The molecule has 0 spiro atoms. The molecule has 0 saturated heterocycles. The summed E-state index contributed by atoms with van der Waals surface area (Å²) >= 11 is 0. The van der Waals surface area contributed by atoms with E-state index in [-0.39, 0.29) is 58.3 Å². The van der Waals surface area contributed by atoms with Crippen molar-refractivity contribution in [1.29, 1.82) is 0 Å². The number of aliphatic carboxylic acids is 1. The largest absolute Gasteiger partial charge is 2.00 e. The number of primary amides is 1. The van der Waals surface area contributed by atoms with Crippen molar-refractivity contribution in [2.75, 3.05) is 6.54 Å². The van der Waals surface area contributed by atoms with Gasteiger partial charge in [-0.1, -0.05) is 0 Å². The van der Waals surface area contributed by atoms with E-state index in [1.807, 2.05) is 0 Å². The summed E-state index contributed by atoms with van der Waals surface area (Å²) in [5, 5.41) is 14.8. The number of amides is 1. The van der Waals surface area contributed by atoms with Gasteiger partial charge in [-0.2, -0.15) is 0 Å². The number of nitrogens with two attached hydrogens (primary N) is 2. The van der Waals surface area contributed by atoms with Crippen molar-refractivity contribution in [1.82, 2.24) is 0 Å². The minimum Gasteiger partial charge on any atom is -1.00 e. The quantitative estimate of drug-likeness (QED) is 0.433. The predicted molar refractivity (Wildman–Crippen MR) is 36.9 cm³/mol. The third-order valence-corrected chi connectivity index (χ3v) is 0.175. The molecule has 10 heavy (non-hydrogen) atoms. The zero-order chi connectivity index (χ0) is 7.86. The van der Waals surface area contributed by atoms with Crippen LogP contribution < -0.4 is 11.5 Å². The summed E-state index contributed by atoms with van der Waals surface area (Å²) in [5.41, 5.74) is 8.60. The van der Waals surface area contributed by atoms with Gasteiger partial charge in [-0.25, -0.2) is 4.79 Å². The van der Waals surface area contributed by atoms with Crippen LogP contribution in [0.1, 0.15) is 2.85 Å². The maximum Gasteiger partial charge on any atom is 2.00 e. The molecular formula is C3H10BaN2O4. The molecular weight excluding hydrogens is 265 g/mol. The molecule has 6 nitrogen and oxygen atoms in total. The van der Waals surface area contributed by atoms with E-state index >= 15 is 0 Å². The molecule has 0 aromatic rings. The first-order valence-electron chi connectivity index (χ1n) is 1.91. The van der Waals surface area contributed by atoms with Crippen molar-refractivity contribution in [3.8, 4) is 0 Å². The Balaban J connectivity index is -0.0000000221. The van der Waals surface area contributed by atoms with Crippen LogP contribution in [0.25, 0.3) is 0 Å². The maximum atomic E-state index is 9.24. The van der Waals surface area contributed by atoms with Crippen LogP contribution in [-0.4, -0.2) is 77.7 Å². The number of carboxylic acid groups (broad SMARTS) is 2. The first-order valence-corrected chi connectivity index (χ1v) is 1.91. The molecule has 6 N–H and O–H groups in total. The van der Waals surface area contributed by atoms with Crippen LogP contribution in [0, 0.1) is 0 Å². The Morgan fingerprint density at radius 3 is 1.50 bits per heavy atom. The van der Waals surface area contributed by atoms with Crippen LogP contribution >= 0.6 is 0 Å². The Morgan fingerprint density at radius 1 is 1.40 bits per heavy atom. The molecule has 58 valence electrons. The van der Waals surface area contributed by atoms with Gasteiger partial charge in [0.15, 0.2) is 0 Å². The summed E-state index contributed by atoms with van der Waals surface area (Å²) in [6, 6.07) is 0. The molecule has 0 atom stereocenters. The number of hydrogen-bond acceptors (Lipinski definition) is 3. The smallest absolute Gasteiger partial charge is 1.00 e. The molecule has 1 amide bonds. The van der Waals surface area contributed by atoms with Crippen molar-refractivity contribution in [3.05, 3.63) is 0 Å². The van der Waals surface area contributed by atoms with Gasteiger partial charge in [0.05, 0.1) is 6.54 Å². The molecule has 0 radical (unpaired) electrons. The summed E-state index contributed by atoms with van der Waals surface area (Å²) < 4.78 is 0. The fourth-order valence-corrected chi connectivity index (χ4v) is 0. The van der Waals surface area contributed by atoms with Gasteiger partial charge in [0.2, 0.25) is 0 Å². The monoisotopic (exact) mass is 276 g/mol. The van der Waals surface area contributed by atoms with Crippen LogP contribution in [0.5, 0.6) is 0 Å². The van der Waals surface area contributed by atoms with E-state index in [1.54, 1.807) is 0 Å². The minimum atomic E-state index is -1.33. The second-order valence-electron chi connectivity index (χ2n) is 0.936. The number of carboxylic acids is 1. The standard InChI is InChI=1S/C2H5NO2.CH3NO2.Ba.2H/c3-1-2(4)5;2-1(3)4;;;/h1,3H2,(H,4,5);2H2,(H,3,4);;;/q;;+2;2*-1. The summed E-state index contributed by atoms with van der Waals surface area (Å²) in [6.45, 7) is -0.278. The fourth-order valence-electron chi connectivity index (χ4n) is 0. The van der Waals surface area contributed by atoms with Gasteiger partial charge in [-0.15, -0.1) is 0 Å². The molecule has 0 bridgehead atoms. The summed E-state index contributed by atoms with van der Waals surface area (Å²) in [4.78, 5) is 18.0. The van der Waals surface area contributed by atoms with E-state index in [2.05, 4.69) is 11.5 Å². The normalized spacial score (nSPS) is 6.10. The van der Waals surface area contributed by atoms with Gasteiger partial charge in [0, 0.05) is 0 Å². The fraction of sp³-hybridized carbons (Fsp3) is 0.333. The maximum absolute atomic E-state index is 9.24. The van der Waals surface area contributed by atoms with Gasteiger partial charge < -0.3 is 24.5 Å². The molecule has 7 heteroatoms. The molecule has 0 saturated carbocycles. The predicted octanol–water partition coefficient (Wildman–Crippen LogP) is -1.50. The molecule has 0 aliphatic heterocycles. The van der Waals surface area contributed by atoms with Crippen LogP contribution in [0.15, 0.2) is 0 Å². The third-order valence-electron chi connectivity index (χ3n) is 0.175. The Bertz CT molecular complexity index is 110. The van der Waals surface area contributed by atoms with E-state index in [0.29, 0.717) is 0 Å². The first kappa shape index (κ1) is 16.7. The van der Waals surface area contributed by atoms with E-state index in [9.17, 15) is 4.79 Å². The van der Waals surface area contributed by atoms with Crippen LogP contribution in [0.3, 0.4) is 0 Å². The van der Waals surface area contributed by atoms with Crippen molar-refractivity contribution in [2.45, 2.75) is 0 Å². The average molecular weight is 275 g/mol. The Hall–Kier alpha value is 0.271. The van der Waals surface area contributed by atoms with Crippen molar-refractivity contribution in [2.24, 2.45) is 11.5 Å². The van der Waals surface area contributed by atoms with E-state index in [4.69, 9.17) is 15.0 Å². The second-order valence-corrected chi connectivity index (χ2v) is 0.936. The summed E-state index contributed by atoms with van der Waals surface area (Å²) in [7, 11) is 0. The second kappa shape index (κ2) is 12.0. The van der Waals surface area contributed by atoms with Crippen LogP contribution in [0.4, 0.5) is 4.79 Å². The SMILES string of the molecule is NC(=O)O.NCC(=O)O.[Ba+2].[H-].[H-]. The molecule has 0 aromatic carbocycles. The Morgan fingerprint density at radius 2 is 1.50 bits per heavy atom. The van der Waals surface area contributed by atoms with E-state index in [0.717, 1.165) is 0 Å². The van der Waals surface area contributed by atoms with Gasteiger partial charge in [0.1, 0.15) is 0 Å². The third kappa shape index (κ3) is 84.8. The Labute approximate surface area is 101 Å². The summed E-state index contributed by atoms with van der Waals surface area (Å²) in [6.07, 6.45) is -1.33. The van der Waals surface area contributed by atoms with Gasteiger partial charge in [-0.3, -0.25) is 4.79 Å². The molecule has 0 heterocycles. The Kier molecular flexibility index (Phi) is 20.0. The van der Waals surface area contributed by atoms with Gasteiger partial charge in [-0.05, 0) is 0 Å². The molecule has 0 fully saturated rings. The number of rotatable bonds is 1. The zero-order valence-electron chi connectivity index (χ0n) is 7.28.